The van der Waals surface area contributed by atoms with Crippen LogP contribution in [0.3, 0.4) is 0 Å². The Kier molecular flexibility index (Phi) is 9.07. The van der Waals surface area contributed by atoms with Crippen molar-refractivity contribution >= 4 is 28.2 Å². The molecule has 4 heterocycles. The van der Waals surface area contributed by atoms with Crippen LogP contribution in [-0.4, -0.2) is 102 Å². The standard InChI is InChI=1S/C33H38F2N8O2/c1-22(40(3)24-9-10-24)21-45-33-38-28-20-41(29-18-37-16-23-6-4-7-27(35)31(23)29)13-11-26(28)32(39-33)42-14-15-43(25(19-42)17-36-2)30(44)8-5-12-34/h4-8,16,18,22,24-25H,9-15,17,19-21H2,1,3H3/b8-5+/t22-,25-/m0/s1. The second kappa shape index (κ2) is 13.3. The summed E-state index contributed by atoms with van der Waals surface area (Å²) in [5.41, 5.74) is 2.49. The Morgan fingerprint density at radius 1 is 1.22 bits per heavy atom. The lowest BCUT2D eigenvalue weighted by Crippen LogP contribution is -2.56. The highest BCUT2D eigenvalue weighted by Gasteiger charge is 2.35. The molecule has 2 fully saturated rings. The first-order valence-electron chi connectivity index (χ1n) is 15.5. The van der Waals surface area contributed by atoms with Gasteiger partial charge in [-0.1, -0.05) is 12.1 Å². The van der Waals surface area contributed by atoms with Crippen molar-refractivity contribution in [3.05, 3.63) is 71.2 Å². The molecule has 6 rings (SSSR count). The van der Waals surface area contributed by atoms with Crippen LogP contribution >= 0.6 is 0 Å². The minimum atomic E-state index is -0.720. The van der Waals surface area contributed by atoms with Crippen molar-refractivity contribution in [2.45, 2.75) is 50.9 Å². The van der Waals surface area contributed by atoms with Gasteiger partial charge in [0.15, 0.2) is 0 Å². The number of carbonyl (C=O) groups excluding carboxylic acids is 1. The third kappa shape index (κ3) is 6.54. The molecule has 1 saturated carbocycles. The predicted molar refractivity (Wildman–Crippen MR) is 169 cm³/mol. The zero-order chi connectivity index (χ0) is 31.5. The molecule has 0 radical (unpaired) electrons. The number of fused-ring (bicyclic) bond motifs is 2. The van der Waals surface area contributed by atoms with Crippen LogP contribution in [0.4, 0.5) is 20.3 Å². The van der Waals surface area contributed by atoms with Gasteiger partial charge in [-0.25, -0.2) is 15.4 Å². The van der Waals surface area contributed by atoms with Crippen molar-refractivity contribution in [1.82, 2.24) is 24.8 Å². The molecule has 10 nitrogen and oxygen atoms in total. The number of halogens is 2. The fourth-order valence-electron chi connectivity index (χ4n) is 6.33. The molecule has 1 aliphatic carbocycles. The van der Waals surface area contributed by atoms with Gasteiger partial charge >= 0.3 is 6.01 Å². The summed E-state index contributed by atoms with van der Waals surface area (Å²) in [6.07, 6.45) is 8.82. The molecule has 0 spiro atoms. The number of amides is 1. The van der Waals surface area contributed by atoms with Crippen molar-refractivity contribution < 1.29 is 18.3 Å². The normalized spacial score (nSPS) is 19.2. The molecule has 236 valence electrons. The van der Waals surface area contributed by atoms with E-state index in [-0.39, 0.29) is 36.4 Å². The van der Waals surface area contributed by atoms with Gasteiger partial charge in [0.2, 0.25) is 12.5 Å². The number of carbonyl (C=O) groups is 1. The molecule has 1 amide bonds. The van der Waals surface area contributed by atoms with Crippen LogP contribution in [0.25, 0.3) is 15.6 Å². The molecule has 1 saturated heterocycles. The van der Waals surface area contributed by atoms with Crippen LogP contribution < -0.4 is 14.5 Å². The van der Waals surface area contributed by atoms with E-state index in [4.69, 9.17) is 21.3 Å². The van der Waals surface area contributed by atoms with Crippen molar-refractivity contribution in [3.8, 4) is 6.01 Å². The number of aromatic nitrogens is 3. The van der Waals surface area contributed by atoms with E-state index in [2.05, 4.69) is 38.5 Å². The Labute approximate surface area is 262 Å². The van der Waals surface area contributed by atoms with E-state index in [0.29, 0.717) is 62.9 Å². The van der Waals surface area contributed by atoms with Gasteiger partial charge in [0.25, 0.3) is 0 Å². The van der Waals surface area contributed by atoms with Crippen LogP contribution in [0, 0.1) is 12.4 Å². The molecule has 1 aromatic carbocycles. The average molecular weight is 617 g/mol. The van der Waals surface area contributed by atoms with Crippen LogP contribution in [0.1, 0.15) is 31.0 Å². The van der Waals surface area contributed by atoms with Crippen LogP contribution in [0.15, 0.2) is 42.7 Å². The fourth-order valence-corrected chi connectivity index (χ4v) is 6.33. The minimum Gasteiger partial charge on any atom is -0.462 e. The number of ether oxygens (including phenoxy) is 1. The summed E-state index contributed by atoms with van der Waals surface area (Å²) in [6.45, 7) is 11.8. The Balaban J connectivity index is 1.31. The van der Waals surface area contributed by atoms with Crippen LogP contribution in [-0.2, 0) is 17.8 Å². The van der Waals surface area contributed by atoms with Gasteiger partial charge < -0.3 is 24.3 Å². The maximum absolute atomic E-state index is 15.0. The largest absolute Gasteiger partial charge is 0.462 e. The molecule has 3 aliphatic rings. The number of alkyl halides is 1. The third-order valence-corrected chi connectivity index (χ3v) is 9.06. The van der Waals surface area contributed by atoms with Gasteiger partial charge in [-0.3, -0.25) is 14.7 Å². The van der Waals surface area contributed by atoms with E-state index in [1.54, 1.807) is 23.4 Å². The second-order valence-electron chi connectivity index (χ2n) is 12.0. The van der Waals surface area contributed by atoms with E-state index in [9.17, 15) is 9.18 Å². The van der Waals surface area contributed by atoms with Crippen molar-refractivity contribution in [2.75, 3.05) is 62.9 Å². The number of anilines is 2. The van der Waals surface area contributed by atoms with Gasteiger partial charge in [0, 0.05) is 66.9 Å². The fraction of sp³-hybridized carbons (Fsp3) is 0.485. The molecule has 0 N–H and O–H groups in total. The van der Waals surface area contributed by atoms with Crippen molar-refractivity contribution in [1.29, 1.82) is 0 Å². The quantitative estimate of drug-likeness (QED) is 0.249. The van der Waals surface area contributed by atoms with E-state index in [0.717, 1.165) is 22.5 Å². The number of hydrogen-bond donors (Lipinski definition) is 0. The molecule has 3 aromatic rings. The van der Waals surface area contributed by atoms with Gasteiger partial charge in [0.1, 0.15) is 31.0 Å². The predicted octanol–water partition coefficient (Wildman–Crippen LogP) is 4.05. The summed E-state index contributed by atoms with van der Waals surface area (Å²) >= 11 is 0. The number of pyridine rings is 1. The monoisotopic (exact) mass is 616 g/mol. The molecular weight excluding hydrogens is 578 g/mol. The minimum absolute atomic E-state index is 0.126. The highest BCUT2D eigenvalue weighted by molar-refractivity contribution is 5.94. The summed E-state index contributed by atoms with van der Waals surface area (Å²) in [7, 11) is 2.11. The number of nitrogens with zero attached hydrogens (tertiary/aromatic N) is 8. The number of benzene rings is 1. The summed E-state index contributed by atoms with van der Waals surface area (Å²) in [5, 5.41) is 1.27. The van der Waals surface area contributed by atoms with E-state index in [1.165, 1.54) is 31.1 Å². The van der Waals surface area contributed by atoms with Gasteiger partial charge in [-0.2, -0.15) is 9.97 Å². The molecule has 2 aliphatic heterocycles. The van der Waals surface area contributed by atoms with Gasteiger partial charge in [-0.05, 0) is 45.4 Å². The number of piperazine rings is 1. The van der Waals surface area contributed by atoms with E-state index >= 15 is 4.39 Å². The molecule has 0 bridgehead atoms. The smallest absolute Gasteiger partial charge is 0.318 e. The Hall–Kier alpha value is -4.37. The first-order valence-corrected chi connectivity index (χ1v) is 15.5. The first kappa shape index (κ1) is 30.6. The zero-order valence-electron chi connectivity index (χ0n) is 25.7. The molecule has 45 heavy (non-hydrogen) atoms. The van der Waals surface area contributed by atoms with Gasteiger partial charge in [0.05, 0.1) is 24.1 Å². The lowest BCUT2D eigenvalue weighted by Gasteiger charge is -2.41. The third-order valence-electron chi connectivity index (χ3n) is 9.06. The molecular formula is C33H38F2N8O2. The maximum Gasteiger partial charge on any atom is 0.318 e. The second-order valence-corrected chi connectivity index (χ2v) is 12.0. The van der Waals surface area contributed by atoms with Crippen LogP contribution in [0.5, 0.6) is 6.01 Å². The first-order chi connectivity index (χ1) is 21.9. The topological polar surface area (TPSA) is 82.3 Å². The Morgan fingerprint density at radius 2 is 2.07 bits per heavy atom. The lowest BCUT2D eigenvalue weighted by molar-refractivity contribution is -0.128. The summed E-state index contributed by atoms with van der Waals surface area (Å²) in [4.78, 5) is 38.7. The lowest BCUT2D eigenvalue weighted by atomic mass is 10.0. The average Bonchev–Trinajstić information content (AvgIpc) is 3.91. The van der Waals surface area contributed by atoms with Crippen LogP contribution in [0.2, 0.25) is 0 Å². The molecule has 2 aromatic heterocycles. The number of allylic oxidation sites excluding steroid dienone is 1. The molecule has 12 heteroatoms. The summed E-state index contributed by atoms with van der Waals surface area (Å²) in [6, 6.07) is 5.67. The summed E-state index contributed by atoms with van der Waals surface area (Å²) < 4.78 is 34.0. The Bertz CT molecular complexity index is 1620. The molecule has 0 unspecified atom stereocenters. The van der Waals surface area contributed by atoms with Gasteiger partial charge in [-0.15, -0.1) is 0 Å². The highest BCUT2D eigenvalue weighted by Crippen LogP contribution is 2.35. The number of likely N-dealkylation sites (N-methyl/N-ethyl adjacent to an activating group) is 1. The highest BCUT2D eigenvalue weighted by atomic mass is 19.1. The van der Waals surface area contributed by atoms with Crippen molar-refractivity contribution in [3.63, 3.8) is 0 Å². The SMILES string of the molecule is [C-]#[N+]C[C@H]1CN(c2nc(OC[C@H](C)N(C)C3CC3)nc3c2CCN(c2cncc4cccc(F)c24)C3)CCN1C(=O)/C=C/CF. The van der Waals surface area contributed by atoms with E-state index in [1.807, 2.05) is 6.07 Å². The maximum atomic E-state index is 15.0. The Morgan fingerprint density at radius 3 is 2.84 bits per heavy atom. The number of rotatable bonds is 10. The zero-order valence-corrected chi connectivity index (χ0v) is 25.7. The van der Waals surface area contributed by atoms with E-state index < -0.39 is 6.67 Å². The molecule has 2 atom stereocenters. The summed E-state index contributed by atoms with van der Waals surface area (Å²) in [5.74, 6) is 0.146. The number of hydrogen-bond acceptors (Lipinski definition) is 8. The van der Waals surface area contributed by atoms with Crippen molar-refractivity contribution in [2.24, 2.45) is 0 Å².